The van der Waals surface area contributed by atoms with Crippen LogP contribution in [0.25, 0.3) is 16.9 Å². The van der Waals surface area contributed by atoms with Gasteiger partial charge in [0.15, 0.2) is 17.0 Å². The number of hydrogen-bond donors (Lipinski definition) is 1. The monoisotopic (exact) mass is 423 g/mol. The summed E-state index contributed by atoms with van der Waals surface area (Å²) in [7, 11) is 0. The van der Waals surface area contributed by atoms with E-state index in [1.54, 1.807) is 36.7 Å². The molecule has 1 aliphatic carbocycles. The lowest BCUT2D eigenvalue weighted by Gasteiger charge is -2.23. The molecule has 3 heterocycles. The molecule has 0 spiro atoms. The highest BCUT2D eigenvalue weighted by Crippen LogP contribution is 2.40. The van der Waals surface area contributed by atoms with Crippen LogP contribution in [0.1, 0.15) is 32.9 Å². The first-order valence-electron chi connectivity index (χ1n) is 9.67. The van der Waals surface area contributed by atoms with Gasteiger partial charge in [0.2, 0.25) is 0 Å². The Morgan fingerprint density at radius 2 is 1.97 bits per heavy atom. The molecule has 3 aromatic heterocycles. The first-order valence-corrected chi connectivity index (χ1v) is 9.67. The third-order valence-corrected chi connectivity index (χ3v) is 5.29. The van der Waals surface area contributed by atoms with Crippen LogP contribution in [0.5, 0.6) is 0 Å². The van der Waals surface area contributed by atoms with Gasteiger partial charge in [-0.05, 0) is 30.0 Å². The lowest BCUT2D eigenvalue weighted by molar-refractivity contribution is -0.143. The highest BCUT2D eigenvalue weighted by Gasteiger charge is 2.40. The Morgan fingerprint density at radius 1 is 1.13 bits per heavy atom. The molecule has 0 saturated heterocycles. The first kappa shape index (κ1) is 19.2. The van der Waals surface area contributed by atoms with Crippen molar-refractivity contribution in [3.63, 3.8) is 0 Å². The molecule has 0 saturated carbocycles. The number of benzene rings is 1. The highest BCUT2D eigenvalue weighted by atomic mass is 19.4. The number of rotatable bonds is 3. The van der Waals surface area contributed by atoms with E-state index >= 15 is 0 Å². The number of aromatic nitrogens is 4. The van der Waals surface area contributed by atoms with E-state index < -0.39 is 17.8 Å². The lowest BCUT2D eigenvalue weighted by Crippen LogP contribution is -2.24. The molecule has 0 atom stereocenters. The smallest absolute Gasteiger partial charge is 0.347 e. The van der Waals surface area contributed by atoms with Crippen molar-refractivity contribution in [1.82, 2.24) is 24.9 Å². The number of halogens is 3. The van der Waals surface area contributed by atoms with E-state index in [4.69, 9.17) is 0 Å². The molecule has 1 N–H and O–H groups in total. The molecule has 1 aromatic carbocycles. The van der Waals surface area contributed by atoms with Crippen molar-refractivity contribution in [2.75, 3.05) is 0 Å². The van der Waals surface area contributed by atoms with Crippen molar-refractivity contribution < 1.29 is 18.0 Å². The number of alkyl halides is 3. The summed E-state index contributed by atoms with van der Waals surface area (Å²) >= 11 is 0. The van der Waals surface area contributed by atoms with Gasteiger partial charge in [-0.15, -0.1) is 0 Å². The Kier molecular flexibility index (Phi) is 4.46. The van der Waals surface area contributed by atoms with Crippen molar-refractivity contribution >= 4 is 11.6 Å². The summed E-state index contributed by atoms with van der Waals surface area (Å²) in [5.74, 6) is -0.583. The van der Waals surface area contributed by atoms with Crippen LogP contribution in [0, 0.1) is 0 Å². The SMILES string of the molecule is O=C(NCc1cccnc1)c1cc2nc3c(c(C(F)(F)F)n2n1)CCc1ccccc1-3. The number of pyridine rings is 1. The predicted octanol–water partition coefficient (Wildman–Crippen LogP) is 3.84. The minimum Gasteiger partial charge on any atom is -0.347 e. The summed E-state index contributed by atoms with van der Waals surface area (Å²) in [6.45, 7) is 0.185. The van der Waals surface area contributed by atoms with Crippen LogP contribution in [-0.2, 0) is 25.6 Å². The molecule has 31 heavy (non-hydrogen) atoms. The summed E-state index contributed by atoms with van der Waals surface area (Å²) in [6.07, 6.45) is -0.755. The second-order valence-corrected chi connectivity index (χ2v) is 7.29. The predicted molar refractivity (Wildman–Crippen MR) is 106 cm³/mol. The fourth-order valence-electron chi connectivity index (χ4n) is 3.90. The topological polar surface area (TPSA) is 72.2 Å². The van der Waals surface area contributed by atoms with E-state index in [1.807, 2.05) is 12.1 Å². The molecule has 5 rings (SSSR count). The molecule has 0 bridgehead atoms. The number of hydrogen-bond acceptors (Lipinski definition) is 4. The minimum absolute atomic E-state index is 0.0192. The van der Waals surface area contributed by atoms with Gasteiger partial charge < -0.3 is 5.32 Å². The second kappa shape index (κ2) is 7.19. The Hall–Kier alpha value is -3.75. The number of carbonyl (C=O) groups excluding carboxylic acids is 1. The van der Waals surface area contributed by atoms with Crippen molar-refractivity contribution in [2.45, 2.75) is 25.6 Å². The normalized spacial score (nSPS) is 13.0. The van der Waals surface area contributed by atoms with Crippen LogP contribution in [0.2, 0.25) is 0 Å². The quantitative estimate of drug-likeness (QED) is 0.544. The Labute approximate surface area is 174 Å². The van der Waals surface area contributed by atoms with Crippen LogP contribution >= 0.6 is 0 Å². The fourth-order valence-corrected chi connectivity index (χ4v) is 3.90. The van der Waals surface area contributed by atoms with Gasteiger partial charge in [0.1, 0.15) is 0 Å². The molecule has 6 nitrogen and oxygen atoms in total. The van der Waals surface area contributed by atoms with Crippen LogP contribution in [-0.4, -0.2) is 25.5 Å². The van der Waals surface area contributed by atoms with Gasteiger partial charge in [-0.25, -0.2) is 9.50 Å². The Bertz CT molecular complexity index is 1300. The number of aryl methyl sites for hydroxylation is 1. The van der Waals surface area contributed by atoms with Crippen molar-refractivity contribution in [3.05, 3.63) is 82.9 Å². The Balaban J connectivity index is 1.59. The van der Waals surface area contributed by atoms with Crippen molar-refractivity contribution in [2.24, 2.45) is 0 Å². The van der Waals surface area contributed by atoms with E-state index in [0.29, 0.717) is 17.7 Å². The number of amides is 1. The summed E-state index contributed by atoms with van der Waals surface area (Å²) in [4.78, 5) is 21.0. The molecule has 0 fully saturated rings. The number of nitrogens with zero attached hydrogens (tertiary/aromatic N) is 4. The molecular weight excluding hydrogens is 407 g/mol. The number of fused-ring (bicyclic) bond motifs is 4. The molecule has 0 radical (unpaired) electrons. The molecule has 1 amide bonds. The third-order valence-electron chi connectivity index (χ3n) is 5.29. The van der Waals surface area contributed by atoms with Gasteiger partial charge in [0.25, 0.3) is 5.91 Å². The molecular formula is C22H16F3N5O. The highest BCUT2D eigenvalue weighted by molar-refractivity contribution is 5.93. The summed E-state index contributed by atoms with van der Waals surface area (Å²) < 4.78 is 42.9. The molecule has 0 unspecified atom stereocenters. The van der Waals surface area contributed by atoms with Gasteiger partial charge >= 0.3 is 6.18 Å². The molecule has 1 aliphatic rings. The van der Waals surface area contributed by atoms with E-state index in [1.165, 1.54) is 6.07 Å². The zero-order valence-electron chi connectivity index (χ0n) is 16.1. The van der Waals surface area contributed by atoms with Crippen LogP contribution in [0.3, 0.4) is 0 Å². The molecule has 9 heteroatoms. The number of nitrogens with one attached hydrogen (secondary N) is 1. The zero-order chi connectivity index (χ0) is 21.6. The molecule has 0 aliphatic heterocycles. The van der Waals surface area contributed by atoms with Gasteiger partial charge in [-0.2, -0.15) is 18.3 Å². The van der Waals surface area contributed by atoms with Gasteiger partial charge in [0, 0.05) is 36.1 Å². The molecule has 156 valence electrons. The van der Waals surface area contributed by atoms with Crippen molar-refractivity contribution in [1.29, 1.82) is 0 Å². The van der Waals surface area contributed by atoms with Gasteiger partial charge in [0.05, 0.1) is 5.69 Å². The maximum Gasteiger partial charge on any atom is 0.433 e. The van der Waals surface area contributed by atoms with Crippen LogP contribution in [0.15, 0.2) is 54.9 Å². The maximum atomic E-state index is 14.1. The second-order valence-electron chi connectivity index (χ2n) is 7.29. The summed E-state index contributed by atoms with van der Waals surface area (Å²) in [5.41, 5.74) is 1.77. The van der Waals surface area contributed by atoms with Gasteiger partial charge in [-0.3, -0.25) is 9.78 Å². The van der Waals surface area contributed by atoms with E-state index in [0.717, 1.165) is 15.6 Å². The average molecular weight is 423 g/mol. The Morgan fingerprint density at radius 3 is 2.74 bits per heavy atom. The van der Waals surface area contributed by atoms with Gasteiger partial charge in [-0.1, -0.05) is 30.3 Å². The maximum absolute atomic E-state index is 14.1. The van der Waals surface area contributed by atoms with Crippen molar-refractivity contribution in [3.8, 4) is 11.3 Å². The zero-order valence-corrected chi connectivity index (χ0v) is 16.1. The van der Waals surface area contributed by atoms with E-state index in [9.17, 15) is 18.0 Å². The standard InChI is InChI=1S/C22H16F3N5O/c23-22(24,25)20-16-8-7-14-5-1-2-6-15(14)19(16)28-18-10-17(29-30(18)20)21(31)27-12-13-4-3-9-26-11-13/h1-6,9-11H,7-8,12H2,(H,27,31). The number of carbonyl (C=O) groups is 1. The lowest BCUT2D eigenvalue weighted by atomic mass is 9.88. The molecule has 4 aromatic rings. The average Bonchev–Trinajstić information content (AvgIpc) is 3.19. The largest absolute Gasteiger partial charge is 0.433 e. The van der Waals surface area contributed by atoms with Crippen LogP contribution < -0.4 is 5.32 Å². The summed E-state index contributed by atoms with van der Waals surface area (Å²) in [6, 6.07) is 12.1. The first-order chi connectivity index (χ1) is 14.9. The fraction of sp³-hybridized carbons (Fsp3) is 0.182. The van der Waals surface area contributed by atoms with E-state index in [2.05, 4.69) is 20.4 Å². The van der Waals surface area contributed by atoms with E-state index in [-0.39, 0.29) is 29.9 Å². The summed E-state index contributed by atoms with van der Waals surface area (Å²) in [5, 5.41) is 6.62. The van der Waals surface area contributed by atoms with Crippen LogP contribution in [0.4, 0.5) is 13.2 Å². The third kappa shape index (κ3) is 3.41. The minimum atomic E-state index is -4.65.